The van der Waals surface area contributed by atoms with Crippen LogP contribution in [0, 0.1) is 0 Å². The molecule has 2 heterocycles. The summed E-state index contributed by atoms with van der Waals surface area (Å²) >= 11 is 0. The molecule has 0 N–H and O–H groups in total. The van der Waals surface area contributed by atoms with Crippen molar-refractivity contribution in [2.75, 3.05) is 6.61 Å². The van der Waals surface area contributed by atoms with Crippen LogP contribution in [-0.4, -0.2) is 33.7 Å². The van der Waals surface area contributed by atoms with Crippen LogP contribution in [-0.2, 0) is 26.9 Å². The first-order valence-electron chi connectivity index (χ1n) is 4.79. The number of ether oxygens (including phenoxy) is 2. The summed E-state index contributed by atoms with van der Waals surface area (Å²) in [6, 6.07) is 0. The zero-order valence-electron chi connectivity index (χ0n) is 8.93. The Labute approximate surface area is 87.2 Å². The molecule has 0 bridgehead atoms. The third kappa shape index (κ3) is 1.61. The quantitative estimate of drug-likeness (QED) is 0.519. The lowest BCUT2D eigenvalue weighted by Gasteiger charge is -2.00. The van der Waals surface area contributed by atoms with Gasteiger partial charge in [-0.2, -0.15) is 0 Å². The van der Waals surface area contributed by atoms with Gasteiger partial charge in [-0.15, -0.1) is 5.10 Å². The van der Waals surface area contributed by atoms with Gasteiger partial charge in [0.25, 0.3) is 0 Å². The first-order chi connectivity index (χ1) is 7.08. The summed E-state index contributed by atoms with van der Waals surface area (Å²) in [6.07, 6.45) is 1.19. The van der Waals surface area contributed by atoms with Crippen molar-refractivity contribution in [1.29, 1.82) is 0 Å². The summed E-state index contributed by atoms with van der Waals surface area (Å²) in [7, 11) is 1.77. The van der Waals surface area contributed by atoms with Crippen molar-refractivity contribution >= 4 is 5.97 Å². The number of carbonyl (C=O) groups is 1. The zero-order chi connectivity index (χ0) is 11.1. The summed E-state index contributed by atoms with van der Waals surface area (Å²) in [5.41, 5.74) is -0.0106. The van der Waals surface area contributed by atoms with Crippen molar-refractivity contribution in [2.24, 2.45) is 7.05 Å². The van der Waals surface area contributed by atoms with Gasteiger partial charge in [0, 0.05) is 7.05 Å². The fourth-order valence-electron chi connectivity index (χ4n) is 1.47. The molecule has 82 valence electrons. The summed E-state index contributed by atoms with van der Waals surface area (Å²) in [5.74, 6) is -0.342. The lowest BCUT2D eigenvalue weighted by atomic mass is 10.1. The van der Waals surface area contributed by atoms with E-state index < -0.39 is 11.7 Å². The number of carbonyl (C=O) groups excluding carboxylic acids is 1. The highest BCUT2D eigenvalue weighted by molar-refractivity contribution is 5.79. The second kappa shape index (κ2) is 3.30. The highest BCUT2D eigenvalue weighted by Crippen LogP contribution is 2.45. The van der Waals surface area contributed by atoms with Crippen LogP contribution < -0.4 is 0 Å². The van der Waals surface area contributed by atoms with E-state index in [1.807, 2.05) is 0 Å². The summed E-state index contributed by atoms with van der Waals surface area (Å²) in [5, 5.41) is 7.72. The molecule has 1 aliphatic heterocycles. The Bertz CT molecular complexity index is 390. The minimum atomic E-state index is -0.666. The minimum Gasteiger partial charge on any atom is -0.464 e. The Balaban J connectivity index is 2.09. The molecule has 6 heteroatoms. The number of hydrogen-bond acceptors (Lipinski definition) is 5. The normalized spacial score (nSPS) is 28.9. The molecule has 6 nitrogen and oxygen atoms in total. The van der Waals surface area contributed by atoms with Gasteiger partial charge in [0.15, 0.2) is 6.10 Å². The van der Waals surface area contributed by atoms with Crippen LogP contribution in [0.4, 0.5) is 0 Å². The third-order valence-electron chi connectivity index (χ3n) is 2.42. The molecule has 1 aliphatic rings. The maximum Gasteiger partial charge on any atom is 0.338 e. The Morgan fingerprint density at radius 3 is 3.07 bits per heavy atom. The first kappa shape index (κ1) is 10.1. The van der Waals surface area contributed by atoms with Gasteiger partial charge >= 0.3 is 5.97 Å². The SMILES string of the molecule is CCOC(=O)C1OC1(C)c1cn(C)nn1. The molecule has 15 heavy (non-hydrogen) atoms. The molecule has 0 spiro atoms. The van der Waals surface area contributed by atoms with Crippen LogP contribution in [0.1, 0.15) is 19.5 Å². The highest BCUT2D eigenvalue weighted by Gasteiger charge is 2.61. The van der Waals surface area contributed by atoms with E-state index in [2.05, 4.69) is 10.3 Å². The van der Waals surface area contributed by atoms with Crippen molar-refractivity contribution in [3.63, 3.8) is 0 Å². The average molecular weight is 211 g/mol. The largest absolute Gasteiger partial charge is 0.464 e. The third-order valence-corrected chi connectivity index (χ3v) is 2.42. The van der Waals surface area contributed by atoms with Gasteiger partial charge in [-0.05, 0) is 13.8 Å². The van der Waals surface area contributed by atoms with E-state index in [9.17, 15) is 4.79 Å². The summed E-state index contributed by atoms with van der Waals surface area (Å²) < 4.78 is 11.8. The summed E-state index contributed by atoms with van der Waals surface area (Å²) in [4.78, 5) is 11.4. The van der Waals surface area contributed by atoms with Crippen molar-refractivity contribution in [3.05, 3.63) is 11.9 Å². The first-order valence-corrected chi connectivity index (χ1v) is 4.79. The highest BCUT2D eigenvalue weighted by atomic mass is 16.7. The number of aromatic nitrogens is 3. The molecule has 0 aromatic carbocycles. The van der Waals surface area contributed by atoms with Gasteiger partial charge in [0.1, 0.15) is 11.3 Å². The van der Waals surface area contributed by atoms with Crippen molar-refractivity contribution in [1.82, 2.24) is 15.0 Å². The van der Waals surface area contributed by atoms with Gasteiger partial charge in [0.2, 0.25) is 0 Å². The van der Waals surface area contributed by atoms with Gasteiger partial charge in [-0.25, -0.2) is 4.79 Å². The second-order valence-corrected chi connectivity index (χ2v) is 3.63. The lowest BCUT2D eigenvalue weighted by molar-refractivity contribution is -0.144. The molecular weight excluding hydrogens is 198 g/mol. The number of rotatable bonds is 3. The standard InChI is InChI=1S/C9H13N3O3/c1-4-14-8(13)7-9(2,15-7)6-5-12(3)11-10-6/h5,7H,4H2,1-3H3. The van der Waals surface area contributed by atoms with Crippen molar-refractivity contribution < 1.29 is 14.3 Å². The van der Waals surface area contributed by atoms with Gasteiger partial charge in [-0.3, -0.25) is 4.68 Å². The molecule has 1 fully saturated rings. The van der Waals surface area contributed by atoms with E-state index in [1.165, 1.54) is 0 Å². The topological polar surface area (TPSA) is 69.5 Å². The van der Waals surface area contributed by atoms with Gasteiger partial charge in [-0.1, -0.05) is 5.21 Å². The number of esters is 1. The van der Waals surface area contributed by atoms with E-state index in [0.29, 0.717) is 12.3 Å². The molecule has 2 atom stereocenters. The number of aryl methyl sites for hydroxylation is 1. The molecule has 1 saturated heterocycles. The number of nitrogens with zero attached hydrogens (tertiary/aromatic N) is 3. The van der Waals surface area contributed by atoms with Crippen molar-refractivity contribution in [2.45, 2.75) is 25.6 Å². The van der Waals surface area contributed by atoms with Crippen LogP contribution in [0.3, 0.4) is 0 Å². The average Bonchev–Trinajstić information content (AvgIpc) is 2.67. The smallest absolute Gasteiger partial charge is 0.338 e. The maximum atomic E-state index is 11.4. The minimum absolute atomic E-state index is 0.342. The Hall–Kier alpha value is -1.43. The molecule has 1 aromatic heterocycles. The predicted octanol–water partition coefficient (Wildman–Crippen LogP) is -0.00780. The van der Waals surface area contributed by atoms with E-state index in [0.717, 1.165) is 0 Å². The zero-order valence-corrected chi connectivity index (χ0v) is 8.93. The number of epoxide rings is 1. The Kier molecular flexibility index (Phi) is 2.22. The molecule has 0 saturated carbocycles. The summed E-state index contributed by atoms with van der Waals surface area (Å²) in [6.45, 7) is 3.92. The molecule has 0 amide bonds. The molecule has 2 rings (SSSR count). The molecular formula is C9H13N3O3. The molecule has 0 radical (unpaired) electrons. The van der Waals surface area contributed by atoms with Gasteiger partial charge < -0.3 is 9.47 Å². The molecule has 1 aromatic rings. The second-order valence-electron chi connectivity index (χ2n) is 3.63. The fourth-order valence-corrected chi connectivity index (χ4v) is 1.47. The maximum absolute atomic E-state index is 11.4. The Morgan fingerprint density at radius 1 is 1.80 bits per heavy atom. The van der Waals surface area contributed by atoms with Crippen molar-refractivity contribution in [3.8, 4) is 0 Å². The van der Waals surface area contributed by atoms with E-state index in [-0.39, 0.29) is 5.97 Å². The fraction of sp³-hybridized carbons (Fsp3) is 0.667. The van der Waals surface area contributed by atoms with Crippen LogP contribution >= 0.6 is 0 Å². The van der Waals surface area contributed by atoms with E-state index >= 15 is 0 Å². The predicted molar refractivity (Wildman–Crippen MR) is 49.9 cm³/mol. The lowest BCUT2D eigenvalue weighted by Crippen LogP contribution is -2.19. The van der Waals surface area contributed by atoms with Crippen LogP contribution in [0.5, 0.6) is 0 Å². The van der Waals surface area contributed by atoms with Crippen LogP contribution in [0.2, 0.25) is 0 Å². The molecule has 2 unspecified atom stereocenters. The van der Waals surface area contributed by atoms with E-state index in [1.54, 1.807) is 31.8 Å². The molecule has 0 aliphatic carbocycles. The van der Waals surface area contributed by atoms with E-state index in [4.69, 9.17) is 9.47 Å². The van der Waals surface area contributed by atoms with Crippen LogP contribution in [0.25, 0.3) is 0 Å². The monoisotopic (exact) mass is 211 g/mol. The van der Waals surface area contributed by atoms with Gasteiger partial charge in [0.05, 0.1) is 12.8 Å². The Morgan fingerprint density at radius 2 is 2.53 bits per heavy atom. The van der Waals surface area contributed by atoms with Crippen LogP contribution in [0.15, 0.2) is 6.20 Å². The number of hydrogen-bond donors (Lipinski definition) is 0.